The van der Waals surface area contributed by atoms with Crippen molar-refractivity contribution in [3.8, 4) is 11.5 Å². The van der Waals surface area contributed by atoms with Gasteiger partial charge in [-0.15, -0.1) is 0 Å². The number of hydrogen-bond acceptors (Lipinski definition) is 6. The monoisotopic (exact) mass is 371 g/mol. The van der Waals surface area contributed by atoms with Gasteiger partial charge in [0.1, 0.15) is 11.5 Å². The van der Waals surface area contributed by atoms with Gasteiger partial charge in [0.05, 0.1) is 32.3 Å². The SMILES string of the molecule is COc1cc(NC(=O)CNC(=O)N[C@@H]2CCS(=O)(=O)C2)cc(OC)c1. The van der Waals surface area contributed by atoms with E-state index in [9.17, 15) is 18.0 Å². The number of carbonyl (C=O) groups is 2. The number of methoxy groups -OCH3 is 2. The molecule has 2 rings (SSSR count). The minimum absolute atomic E-state index is 0.0656. The third-order valence-corrected chi connectivity index (χ3v) is 5.38. The molecule has 1 aliphatic heterocycles. The number of rotatable bonds is 6. The fourth-order valence-corrected chi connectivity index (χ4v) is 4.06. The second-order valence-electron chi connectivity index (χ2n) is 5.58. The molecule has 3 N–H and O–H groups in total. The van der Waals surface area contributed by atoms with Crippen molar-refractivity contribution in [3.05, 3.63) is 18.2 Å². The normalized spacial score (nSPS) is 18.2. The van der Waals surface area contributed by atoms with Gasteiger partial charge in [0.25, 0.3) is 0 Å². The van der Waals surface area contributed by atoms with Gasteiger partial charge in [-0.25, -0.2) is 13.2 Å². The fourth-order valence-electron chi connectivity index (χ4n) is 2.39. The molecule has 9 nitrogen and oxygen atoms in total. The first-order chi connectivity index (χ1) is 11.8. The van der Waals surface area contributed by atoms with Gasteiger partial charge in [0.15, 0.2) is 9.84 Å². The summed E-state index contributed by atoms with van der Waals surface area (Å²) in [5.41, 5.74) is 0.463. The van der Waals surface area contributed by atoms with Crippen LogP contribution in [0.3, 0.4) is 0 Å². The number of amides is 3. The van der Waals surface area contributed by atoms with Gasteiger partial charge < -0.3 is 25.4 Å². The second kappa shape index (κ2) is 8.06. The molecule has 0 aliphatic carbocycles. The number of benzene rings is 1. The lowest BCUT2D eigenvalue weighted by Crippen LogP contribution is -2.45. The number of nitrogens with one attached hydrogen (secondary N) is 3. The van der Waals surface area contributed by atoms with E-state index in [0.717, 1.165) is 0 Å². The van der Waals surface area contributed by atoms with Crippen LogP contribution in [0, 0.1) is 0 Å². The van der Waals surface area contributed by atoms with Crippen LogP contribution < -0.4 is 25.4 Å². The Bertz CT molecular complexity index is 727. The smallest absolute Gasteiger partial charge is 0.315 e. The first-order valence-electron chi connectivity index (χ1n) is 7.59. The molecular weight excluding hydrogens is 350 g/mol. The summed E-state index contributed by atoms with van der Waals surface area (Å²) in [4.78, 5) is 23.7. The number of ether oxygens (including phenoxy) is 2. The lowest BCUT2D eigenvalue weighted by molar-refractivity contribution is -0.115. The van der Waals surface area contributed by atoms with Crippen LogP contribution in [0.15, 0.2) is 18.2 Å². The van der Waals surface area contributed by atoms with Gasteiger partial charge in [-0.2, -0.15) is 0 Å². The molecule has 138 valence electrons. The number of carbonyl (C=O) groups excluding carboxylic acids is 2. The summed E-state index contributed by atoms with van der Waals surface area (Å²) in [5, 5.41) is 7.55. The van der Waals surface area contributed by atoms with Crippen molar-refractivity contribution in [2.24, 2.45) is 0 Å². The van der Waals surface area contributed by atoms with E-state index in [1.165, 1.54) is 14.2 Å². The van der Waals surface area contributed by atoms with Gasteiger partial charge in [-0.1, -0.05) is 0 Å². The molecule has 0 aromatic heterocycles. The van der Waals surface area contributed by atoms with Crippen molar-refractivity contribution < 1.29 is 27.5 Å². The van der Waals surface area contributed by atoms with Crippen molar-refractivity contribution in [2.75, 3.05) is 37.6 Å². The zero-order chi connectivity index (χ0) is 18.4. The summed E-state index contributed by atoms with van der Waals surface area (Å²) in [7, 11) is -0.0808. The minimum Gasteiger partial charge on any atom is -0.497 e. The van der Waals surface area contributed by atoms with Gasteiger partial charge in [0.2, 0.25) is 5.91 Å². The lowest BCUT2D eigenvalue weighted by Gasteiger charge is -2.13. The molecule has 1 aromatic carbocycles. The van der Waals surface area contributed by atoms with Crippen LogP contribution in [0.4, 0.5) is 10.5 Å². The maximum atomic E-state index is 11.9. The van der Waals surface area contributed by atoms with Crippen LogP contribution in [-0.2, 0) is 14.6 Å². The third-order valence-electron chi connectivity index (χ3n) is 3.61. The number of urea groups is 1. The van der Waals surface area contributed by atoms with E-state index >= 15 is 0 Å². The second-order valence-corrected chi connectivity index (χ2v) is 7.81. The predicted octanol–water partition coefficient (Wildman–Crippen LogP) is 0.129. The van der Waals surface area contributed by atoms with Crippen molar-refractivity contribution in [2.45, 2.75) is 12.5 Å². The molecule has 0 saturated carbocycles. The van der Waals surface area contributed by atoms with Crippen molar-refractivity contribution in [1.29, 1.82) is 0 Å². The Balaban J connectivity index is 1.81. The molecule has 1 saturated heterocycles. The Labute approximate surface area is 146 Å². The molecule has 25 heavy (non-hydrogen) atoms. The van der Waals surface area contributed by atoms with E-state index in [0.29, 0.717) is 23.6 Å². The highest BCUT2D eigenvalue weighted by Gasteiger charge is 2.28. The fraction of sp³-hybridized carbons (Fsp3) is 0.467. The Kier molecular flexibility index (Phi) is 6.07. The van der Waals surface area contributed by atoms with Crippen LogP contribution in [0.1, 0.15) is 6.42 Å². The Hall–Kier alpha value is -2.49. The van der Waals surface area contributed by atoms with E-state index < -0.39 is 27.8 Å². The first kappa shape index (κ1) is 18.8. The molecular formula is C15H21N3O6S. The zero-order valence-electron chi connectivity index (χ0n) is 14.0. The van der Waals surface area contributed by atoms with E-state index in [-0.39, 0.29) is 18.1 Å². The Morgan fingerprint density at radius 2 is 1.80 bits per heavy atom. The molecule has 0 unspecified atom stereocenters. The van der Waals surface area contributed by atoms with Gasteiger partial charge in [0, 0.05) is 29.9 Å². The minimum atomic E-state index is -3.07. The Morgan fingerprint density at radius 1 is 1.16 bits per heavy atom. The van der Waals surface area contributed by atoms with Crippen molar-refractivity contribution in [3.63, 3.8) is 0 Å². The molecule has 1 aliphatic rings. The molecule has 0 bridgehead atoms. The van der Waals surface area contributed by atoms with Crippen molar-refractivity contribution in [1.82, 2.24) is 10.6 Å². The maximum absolute atomic E-state index is 11.9. The topological polar surface area (TPSA) is 123 Å². The van der Waals surface area contributed by atoms with Crippen LogP contribution in [0.2, 0.25) is 0 Å². The van der Waals surface area contributed by atoms with Crippen LogP contribution in [-0.4, -0.2) is 58.7 Å². The molecule has 1 fully saturated rings. The third kappa shape index (κ3) is 5.82. The average Bonchev–Trinajstić information content (AvgIpc) is 2.91. The highest BCUT2D eigenvalue weighted by atomic mass is 32.2. The van der Waals surface area contributed by atoms with Crippen LogP contribution >= 0.6 is 0 Å². The number of sulfone groups is 1. The molecule has 10 heteroatoms. The summed E-state index contributed by atoms with van der Waals surface area (Å²) in [6.07, 6.45) is 0.381. The molecule has 1 aromatic rings. The summed E-state index contributed by atoms with van der Waals surface area (Å²) in [5.74, 6) is 0.585. The first-order valence-corrected chi connectivity index (χ1v) is 9.41. The maximum Gasteiger partial charge on any atom is 0.315 e. The van der Waals surface area contributed by atoms with Gasteiger partial charge in [-0.05, 0) is 6.42 Å². The molecule has 0 spiro atoms. The molecule has 0 radical (unpaired) electrons. The van der Waals surface area contributed by atoms with E-state index in [1.54, 1.807) is 18.2 Å². The number of anilines is 1. The van der Waals surface area contributed by atoms with Crippen LogP contribution in [0.25, 0.3) is 0 Å². The average molecular weight is 371 g/mol. The molecule has 1 heterocycles. The molecule has 1 atom stereocenters. The number of hydrogen-bond donors (Lipinski definition) is 3. The van der Waals surface area contributed by atoms with Gasteiger partial charge in [-0.3, -0.25) is 4.79 Å². The predicted molar refractivity (Wildman–Crippen MR) is 91.8 cm³/mol. The molecule has 3 amide bonds. The summed E-state index contributed by atoms with van der Waals surface area (Å²) < 4.78 is 32.9. The zero-order valence-corrected chi connectivity index (χ0v) is 14.8. The summed E-state index contributed by atoms with van der Waals surface area (Å²) in [6, 6.07) is 3.89. The highest BCUT2D eigenvalue weighted by molar-refractivity contribution is 7.91. The Morgan fingerprint density at radius 3 is 2.32 bits per heavy atom. The quantitative estimate of drug-likeness (QED) is 0.653. The largest absolute Gasteiger partial charge is 0.497 e. The van der Waals surface area contributed by atoms with E-state index in [4.69, 9.17) is 9.47 Å². The van der Waals surface area contributed by atoms with Crippen molar-refractivity contribution >= 4 is 27.5 Å². The van der Waals surface area contributed by atoms with Crippen LogP contribution in [0.5, 0.6) is 11.5 Å². The standard InChI is InChI=1S/C15H21N3O6S/c1-23-12-5-11(6-13(7-12)24-2)17-14(19)8-16-15(20)18-10-3-4-25(21,22)9-10/h5-7,10H,3-4,8-9H2,1-2H3,(H,17,19)(H2,16,18,20)/t10-/m1/s1. The van der Waals surface area contributed by atoms with E-state index in [2.05, 4.69) is 16.0 Å². The summed E-state index contributed by atoms with van der Waals surface area (Å²) >= 11 is 0. The summed E-state index contributed by atoms with van der Waals surface area (Å²) in [6.45, 7) is -0.259. The highest BCUT2D eigenvalue weighted by Crippen LogP contribution is 2.25. The lowest BCUT2D eigenvalue weighted by atomic mass is 10.2. The van der Waals surface area contributed by atoms with Gasteiger partial charge >= 0.3 is 6.03 Å². The van der Waals surface area contributed by atoms with E-state index in [1.807, 2.05) is 0 Å².